The summed E-state index contributed by atoms with van der Waals surface area (Å²) in [5, 5.41) is 0. The number of benzene rings is 1. The first kappa shape index (κ1) is 14.9. The molecule has 0 saturated carbocycles. The summed E-state index contributed by atoms with van der Waals surface area (Å²) in [5.41, 5.74) is 1.74. The number of hydrogen-bond donors (Lipinski definition) is 0. The molecule has 0 radical (unpaired) electrons. The Kier molecular flexibility index (Phi) is 4.65. The highest BCUT2D eigenvalue weighted by molar-refractivity contribution is 6.01. The fraction of sp³-hybridized carbons (Fsp3) is 0.562. The van der Waals surface area contributed by atoms with E-state index >= 15 is 0 Å². The Morgan fingerprint density at radius 1 is 1.20 bits per heavy atom. The molecule has 0 N–H and O–H groups in total. The largest absolute Gasteiger partial charge is 0.497 e. The van der Waals surface area contributed by atoms with Crippen LogP contribution >= 0.6 is 0 Å². The van der Waals surface area contributed by atoms with Crippen LogP contribution in [0.15, 0.2) is 12.1 Å². The van der Waals surface area contributed by atoms with Crippen molar-refractivity contribution in [1.29, 1.82) is 0 Å². The predicted molar refractivity (Wildman–Crippen MR) is 76.8 cm³/mol. The van der Waals surface area contributed by atoms with E-state index in [-0.39, 0.29) is 11.9 Å². The molecule has 0 bridgehead atoms. The molecule has 1 aromatic rings. The van der Waals surface area contributed by atoms with E-state index in [2.05, 4.69) is 0 Å². The molecule has 1 aliphatic rings. The SMILES string of the molecule is COc1cc2c(c(OC)c1)C(=O)C[C@@H](C[C@@H](C)OC)C2. The number of carbonyl (C=O) groups is 1. The van der Waals surface area contributed by atoms with Crippen LogP contribution in [-0.4, -0.2) is 33.2 Å². The van der Waals surface area contributed by atoms with Crippen molar-refractivity contribution in [3.8, 4) is 11.5 Å². The van der Waals surface area contributed by atoms with E-state index in [1.807, 2.05) is 13.0 Å². The fourth-order valence-corrected chi connectivity index (χ4v) is 2.88. The van der Waals surface area contributed by atoms with Crippen molar-refractivity contribution < 1.29 is 19.0 Å². The summed E-state index contributed by atoms with van der Waals surface area (Å²) in [6.45, 7) is 2.03. The van der Waals surface area contributed by atoms with Crippen LogP contribution in [0.3, 0.4) is 0 Å². The van der Waals surface area contributed by atoms with Gasteiger partial charge in [-0.3, -0.25) is 4.79 Å². The monoisotopic (exact) mass is 278 g/mol. The second-order valence-electron chi connectivity index (χ2n) is 5.34. The third-order valence-corrected chi connectivity index (χ3v) is 3.94. The van der Waals surface area contributed by atoms with Crippen molar-refractivity contribution in [2.24, 2.45) is 5.92 Å². The van der Waals surface area contributed by atoms with E-state index < -0.39 is 0 Å². The van der Waals surface area contributed by atoms with Gasteiger partial charge in [0.1, 0.15) is 11.5 Å². The normalized spacial score (nSPS) is 19.4. The first-order valence-electron chi connectivity index (χ1n) is 6.89. The molecule has 1 aromatic carbocycles. The zero-order valence-electron chi connectivity index (χ0n) is 12.6. The molecule has 0 heterocycles. The van der Waals surface area contributed by atoms with Crippen molar-refractivity contribution in [3.05, 3.63) is 23.3 Å². The van der Waals surface area contributed by atoms with Gasteiger partial charge in [-0.25, -0.2) is 0 Å². The number of Topliss-reactive ketones (excluding diaryl/α,β-unsaturated/α-hetero) is 1. The molecule has 110 valence electrons. The number of carbonyl (C=O) groups excluding carboxylic acids is 1. The Balaban J connectivity index is 2.31. The number of ether oxygens (including phenoxy) is 3. The summed E-state index contributed by atoms with van der Waals surface area (Å²) in [5.74, 6) is 1.82. The smallest absolute Gasteiger partial charge is 0.167 e. The summed E-state index contributed by atoms with van der Waals surface area (Å²) >= 11 is 0. The van der Waals surface area contributed by atoms with Crippen LogP contribution in [-0.2, 0) is 11.2 Å². The van der Waals surface area contributed by atoms with Gasteiger partial charge in [-0.1, -0.05) is 0 Å². The topological polar surface area (TPSA) is 44.8 Å². The Hall–Kier alpha value is -1.55. The summed E-state index contributed by atoms with van der Waals surface area (Å²) < 4.78 is 15.9. The highest BCUT2D eigenvalue weighted by Crippen LogP contribution is 2.37. The van der Waals surface area contributed by atoms with Crippen LogP contribution in [0, 0.1) is 5.92 Å². The van der Waals surface area contributed by atoms with E-state index in [0.717, 1.165) is 29.7 Å². The third-order valence-electron chi connectivity index (χ3n) is 3.94. The molecular weight excluding hydrogens is 256 g/mol. The molecule has 4 nitrogen and oxygen atoms in total. The van der Waals surface area contributed by atoms with Gasteiger partial charge in [0.25, 0.3) is 0 Å². The Labute approximate surface area is 120 Å². The average Bonchev–Trinajstić information content (AvgIpc) is 2.45. The molecule has 20 heavy (non-hydrogen) atoms. The molecule has 0 spiro atoms. The molecule has 0 fully saturated rings. The van der Waals surface area contributed by atoms with Gasteiger partial charge in [0, 0.05) is 19.6 Å². The number of hydrogen-bond acceptors (Lipinski definition) is 4. The van der Waals surface area contributed by atoms with E-state index in [4.69, 9.17) is 14.2 Å². The zero-order valence-corrected chi connectivity index (χ0v) is 12.6. The molecular formula is C16H22O4. The second kappa shape index (κ2) is 6.27. The van der Waals surface area contributed by atoms with Crippen LogP contribution in [0.5, 0.6) is 11.5 Å². The van der Waals surface area contributed by atoms with Crippen molar-refractivity contribution in [2.45, 2.75) is 32.3 Å². The Bertz CT molecular complexity index is 495. The van der Waals surface area contributed by atoms with Crippen molar-refractivity contribution in [1.82, 2.24) is 0 Å². The van der Waals surface area contributed by atoms with Gasteiger partial charge in [0.05, 0.1) is 25.9 Å². The lowest BCUT2D eigenvalue weighted by atomic mass is 9.80. The lowest BCUT2D eigenvalue weighted by Crippen LogP contribution is -2.24. The van der Waals surface area contributed by atoms with Crippen LogP contribution < -0.4 is 9.47 Å². The minimum Gasteiger partial charge on any atom is -0.497 e. The van der Waals surface area contributed by atoms with E-state index in [1.54, 1.807) is 27.4 Å². The lowest BCUT2D eigenvalue weighted by Gasteiger charge is -2.27. The molecule has 4 heteroatoms. The molecule has 0 aromatic heterocycles. The third kappa shape index (κ3) is 2.96. The maximum absolute atomic E-state index is 12.4. The first-order valence-corrected chi connectivity index (χ1v) is 6.89. The fourth-order valence-electron chi connectivity index (χ4n) is 2.88. The molecule has 2 rings (SSSR count). The second-order valence-corrected chi connectivity index (χ2v) is 5.34. The Morgan fingerprint density at radius 2 is 1.95 bits per heavy atom. The van der Waals surface area contributed by atoms with Crippen molar-refractivity contribution in [3.63, 3.8) is 0 Å². The summed E-state index contributed by atoms with van der Waals surface area (Å²) in [6.07, 6.45) is 2.48. The van der Waals surface area contributed by atoms with E-state index in [1.165, 1.54) is 0 Å². The number of ketones is 1. The van der Waals surface area contributed by atoms with Gasteiger partial charge in [-0.2, -0.15) is 0 Å². The standard InChI is InChI=1S/C16H22O4/c1-10(18-2)5-11-6-12-8-13(19-3)9-15(20-4)16(12)14(17)7-11/h8-11H,5-7H2,1-4H3/t10-,11+/m1/s1. The summed E-state index contributed by atoms with van der Waals surface area (Å²) in [6, 6.07) is 3.72. The number of fused-ring (bicyclic) bond motifs is 1. The summed E-state index contributed by atoms with van der Waals surface area (Å²) in [7, 11) is 4.91. The summed E-state index contributed by atoms with van der Waals surface area (Å²) in [4.78, 5) is 12.4. The van der Waals surface area contributed by atoms with E-state index in [9.17, 15) is 4.79 Å². The van der Waals surface area contributed by atoms with Crippen LogP contribution in [0.4, 0.5) is 0 Å². The van der Waals surface area contributed by atoms with Crippen LogP contribution in [0.25, 0.3) is 0 Å². The molecule has 1 aliphatic carbocycles. The zero-order chi connectivity index (χ0) is 14.7. The van der Waals surface area contributed by atoms with Gasteiger partial charge in [0.2, 0.25) is 0 Å². The predicted octanol–water partition coefficient (Wildman–Crippen LogP) is 2.87. The van der Waals surface area contributed by atoms with E-state index in [0.29, 0.717) is 18.1 Å². The van der Waals surface area contributed by atoms with Crippen molar-refractivity contribution in [2.75, 3.05) is 21.3 Å². The van der Waals surface area contributed by atoms with Gasteiger partial charge < -0.3 is 14.2 Å². The Morgan fingerprint density at radius 3 is 2.55 bits per heavy atom. The molecule has 0 saturated heterocycles. The molecule has 2 atom stereocenters. The van der Waals surface area contributed by atoms with Gasteiger partial charge in [0.15, 0.2) is 5.78 Å². The highest BCUT2D eigenvalue weighted by atomic mass is 16.5. The van der Waals surface area contributed by atoms with Crippen LogP contribution in [0.2, 0.25) is 0 Å². The maximum Gasteiger partial charge on any atom is 0.167 e. The highest BCUT2D eigenvalue weighted by Gasteiger charge is 2.29. The van der Waals surface area contributed by atoms with Gasteiger partial charge >= 0.3 is 0 Å². The molecule has 0 aliphatic heterocycles. The quantitative estimate of drug-likeness (QED) is 0.830. The number of rotatable bonds is 5. The van der Waals surface area contributed by atoms with Crippen molar-refractivity contribution >= 4 is 5.78 Å². The minimum absolute atomic E-state index is 0.152. The molecule has 0 amide bonds. The molecule has 0 unspecified atom stereocenters. The first-order chi connectivity index (χ1) is 9.58. The van der Waals surface area contributed by atoms with Gasteiger partial charge in [-0.15, -0.1) is 0 Å². The van der Waals surface area contributed by atoms with Gasteiger partial charge in [-0.05, 0) is 37.3 Å². The maximum atomic E-state index is 12.4. The minimum atomic E-state index is 0.152. The van der Waals surface area contributed by atoms with Crippen LogP contribution in [0.1, 0.15) is 35.7 Å². The number of methoxy groups -OCH3 is 3. The average molecular weight is 278 g/mol. The lowest BCUT2D eigenvalue weighted by molar-refractivity contribution is 0.0814.